The van der Waals surface area contributed by atoms with E-state index in [1.807, 2.05) is 6.07 Å². The molecule has 1 aromatic carbocycles. The minimum atomic E-state index is -1.02. The molecule has 2 N–H and O–H groups in total. The third-order valence-corrected chi connectivity index (χ3v) is 3.63. The van der Waals surface area contributed by atoms with Gasteiger partial charge < -0.3 is 15.4 Å². The van der Waals surface area contributed by atoms with Gasteiger partial charge in [0.15, 0.2) is 0 Å². The molecule has 1 aromatic rings. The first-order chi connectivity index (χ1) is 12.3. The van der Waals surface area contributed by atoms with Gasteiger partial charge in [0.05, 0.1) is 13.2 Å². The van der Waals surface area contributed by atoms with Crippen LogP contribution >= 0.6 is 0 Å². The lowest BCUT2D eigenvalue weighted by atomic mass is 10.0. The predicted molar refractivity (Wildman–Crippen MR) is 91.0 cm³/mol. The Kier molecular flexibility index (Phi) is 8.22. The number of methoxy groups -OCH3 is 1. The average Bonchev–Trinajstić information content (AvgIpc) is 2.59. The van der Waals surface area contributed by atoms with E-state index in [1.54, 1.807) is 13.0 Å². The van der Waals surface area contributed by atoms with E-state index in [0.717, 1.165) is 0 Å². The Morgan fingerprint density at radius 2 is 1.96 bits per heavy atom. The van der Waals surface area contributed by atoms with E-state index in [2.05, 4.69) is 15.4 Å². The minimum Gasteiger partial charge on any atom is -0.467 e. The maximum absolute atomic E-state index is 13.3. The molecule has 26 heavy (non-hydrogen) atoms. The second-order valence-electron chi connectivity index (χ2n) is 5.94. The molecule has 3 atom stereocenters. The van der Waals surface area contributed by atoms with E-state index in [1.165, 1.54) is 32.2 Å². The van der Waals surface area contributed by atoms with Gasteiger partial charge in [-0.05, 0) is 31.0 Å². The van der Waals surface area contributed by atoms with Gasteiger partial charge in [-0.3, -0.25) is 9.59 Å². The van der Waals surface area contributed by atoms with Crippen molar-refractivity contribution in [3.63, 3.8) is 0 Å². The van der Waals surface area contributed by atoms with E-state index in [0.29, 0.717) is 5.56 Å². The van der Waals surface area contributed by atoms with Crippen molar-refractivity contribution < 1.29 is 23.5 Å². The van der Waals surface area contributed by atoms with Crippen molar-refractivity contribution in [3.05, 3.63) is 35.6 Å². The Bertz CT molecular complexity index is 702. The molecule has 140 valence electrons. The van der Waals surface area contributed by atoms with E-state index in [4.69, 9.17) is 5.26 Å². The van der Waals surface area contributed by atoms with Crippen LogP contribution in [-0.2, 0) is 25.5 Å². The number of nitrogens with one attached hydrogen (secondary N) is 2. The molecule has 0 unspecified atom stereocenters. The summed E-state index contributed by atoms with van der Waals surface area (Å²) < 4.78 is 18.0. The molecule has 0 fully saturated rings. The zero-order chi connectivity index (χ0) is 19.7. The standard InChI is InChI=1S/C18H22FN3O4/c1-11(10-20)7-16(18(25)26-3)22-17(24)15(21-12(2)23)9-13-5-4-6-14(19)8-13/h4-6,8,11,15-16H,7,9H2,1-3H3,(H,21,23)(H,22,24)/t11-,15-,16+/m1/s1. The number of nitriles is 1. The number of benzene rings is 1. The number of ether oxygens (including phenoxy) is 1. The lowest BCUT2D eigenvalue weighted by Gasteiger charge is -2.22. The molecule has 2 amide bonds. The topological polar surface area (TPSA) is 108 Å². The number of hydrogen-bond donors (Lipinski definition) is 2. The highest BCUT2D eigenvalue weighted by Gasteiger charge is 2.28. The van der Waals surface area contributed by atoms with Crippen LogP contribution in [0.1, 0.15) is 25.8 Å². The summed E-state index contributed by atoms with van der Waals surface area (Å²) in [6.07, 6.45) is 0.118. The van der Waals surface area contributed by atoms with Crippen molar-refractivity contribution in [2.45, 2.75) is 38.8 Å². The molecule has 0 radical (unpaired) electrons. The number of amides is 2. The Balaban J connectivity index is 2.93. The van der Waals surface area contributed by atoms with Gasteiger partial charge in [0, 0.05) is 19.3 Å². The summed E-state index contributed by atoms with van der Waals surface area (Å²) in [7, 11) is 1.18. The first kappa shape index (κ1) is 21.1. The molecule has 0 aliphatic carbocycles. The summed E-state index contributed by atoms with van der Waals surface area (Å²) in [5, 5.41) is 13.9. The van der Waals surface area contributed by atoms with Gasteiger partial charge in [-0.25, -0.2) is 9.18 Å². The zero-order valence-electron chi connectivity index (χ0n) is 14.9. The quantitative estimate of drug-likeness (QED) is 0.672. The number of halogens is 1. The molecule has 0 aliphatic rings. The van der Waals surface area contributed by atoms with Gasteiger partial charge in [-0.15, -0.1) is 0 Å². The molecule has 0 aromatic heterocycles. The van der Waals surface area contributed by atoms with E-state index < -0.39 is 41.6 Å². The molecular weight excluding hydrogens is 341 g/mol. The van der Waals surface area contributed by atoms with Crippen molar-refractivity contribution in [2.75, 3.05) is 7.11 Å². The van der Waals surface area contributed by atoms with E-state index >= 15 is 0 Å². The van der Waals surface area contributed by atoms with Crippen molar-refractivity contribution in [1.29, 1.82) is 5.26 Å². The number of rotatable bonds is 8. The number of carbonyl (C=O) groups excluding carboxylic acids is 3. The summed E-state index contributed by atoms with van der Waals surface area (Å²) in [5.41, 5.74) is 0.513. The fourth-order valence-corrected chi connectivity index (χ4v) is 2.39. The smallest absolute Gasteiger partial charge is 0.328 e. The summed E-state index contributed by atoms with van der Waals surface area (Å²) in [5.74, 6) is -2.69. The third-order valence-electron chi connectivity index (χ3n) is 3.63. The summed E-state index contributed by atoms with van der Waals surface area (Å²) in [4.78, 5) is 35.8. The highest BCUT2D eigenvalue weighted by atomic mass is 19.1. The highest BCUT2D eigenvalue weighted by Crippen LogP contribution is 2.10. The van der Waals surface area contributed by atoms with E-state index in [-0.39, 0.29) is 12.8 Å². The Labute approximate surface area is 151 Å². The molecule has 0 saturated heterocycles. The van der Waals surface area contributed by atoms with Crippen LogP contribution in [0.5, 0.6) is 0 Å². The summed E-state index contributed by atoms with van der Waals surface area (Å²) >= 11 is 0. The van der Waals surface area contributed by atoms with Crippen LogP contribution in [0.4, 0.5) is 4.39 Å². The molecule has 7 nitrogen and oxygen atoms in total. The highest BCUT2D eigenvalue weighted by molar-refractivity contribution is 5.90. The monoisotopic (exact) mass is 363 g/mol. The fourth-order valence-electron chi connectivity index (χ4n) is 2.39. The van der Waals surface area contributed by atoms with Crippen LogP contribution in [0.15, 0.2) is 24.3 Å². The van der Waals surface area contributed by atoms with Crippen LogP contribution in [0.3, 0.4) is 0 Å². The van der Waals surface area contributed by atoms with Gasteiger partial charge in [0.2, 0.25) is 11.8 Å². The van der Waals surface area contributed by atoms with Gasteiger partial charge >= 0.3 is 5.97 Å². The van der Waals surface area contributed by atoms with Crippen LogP contribution < -0.4 is 10.6 Å². The number of nitrogens with zero attached hydrogens (tertiary/aromatic N) is 1. The lowest BCUT2D eigenvalue weighted by molar-refractivity contribution is -0.145. The molecule has 0 spiro atoms. The van der Waals surface area contributed by atoms with Crippen molar-refractivity contribution >= 4 is 17.8 Å². The van der Waals surface area contributed by atoms with Gasteiger partial charge in [0.25, 0.3) is 0 Å². The maximum atomic E-state index is 13.3. The molecule has 0 heterocycles. The molecule has 0 saturated carbocycles. The Hall–Kier alpha value is -2.95. The average molecular weight is 363 g/mol. The van der Waals surface area contributed by atoms with Crippen LogP contribution in [0, 0.1) is 23.1 Å². The maximum Gasteiger partial charge on any atom is 0.328 e. The molecular formula is C18H22FN3O4. The second-order valence-corrected chi connectivity index (χ2v) is 5.94. The minimum absolute atomic E-state index is 0.0465. The Morgan fingerprint density at radius 1 is 1.27 bits per heavy atom. The van der Waals surface area contributed by atoms with Crippen LogP contribution in [0.2, 0.25) is 0 Å². The molecule has 8 heteroatoms. The number of hydrogen-bond acceptors (Lipinski definition) is 5. The summed E-state index contributed by atoms with van der Waals surface area (Å²) in [6.45, 7) is 2.86. The number of esters is 1. The first-order valence-electron chi connectivity index (χ1n) is 8.06. The predicted octanol–water partition coefficient (Wildman–Crippen LogP) is 1.08. The molecule has 0 aliphatic heterocycles. The van der Waals surface area contributed by atoms with Gasteiger partial charge in [-0.2, -0.15) is 5.26 Å². The van der Waals surface area contributed by atoms with Crippen LogP contribution in [-0.4, -0.2) is 37.0 Å². The van der Waals surface area contributed by atoms with Crippen LogP contribution in [0.25, 0.3) is 0 Å². The van der Waals surface area contributed by atoms with Gasteiger partial charge in [-0.1, -0.05) is 12.1 Å². The molecule has 0 bridgehead atoms. The van der Waals surface area contributed by atoms with Crippen molar-refractivity contribution in [1.82, 2.24) is 10.6 Å². The summed E-state index contributed by atoms with van der Waals surface area (Å²) in [6, 6.07) is 5.62. The normalized spacial score (nSPS) is 13.7. The second kappa shape index (κ2) is 10.1. The zero-order valence-corrected chi connectivity index (χ0v) is 14.9. The largest absolute Gasteiger partial charge is 0.467 e. The first-order valence-corrected chi connectivity index (χ1v) is 8.06. The van der Waals surface area contributed by atoms with Crippen molar-refractivity contribution in [2.24, 2.45) is 5.92 Å². The van der Waals surface area contributed by atoms with Crippen molar-refractivity contribution in [3.8, 4) is 6.07 Å². The SMILES string of the molecule is COC(=O)[C@H](C[C@@H](C)C#N)NC(=O)[C@@H](Cc1cccc(F)c1)NC(C)=O. The fraction of sp³-hybridized carbons (Fsp3) is 0.444. The number of carbonyl (C=O) groups is 3. The molecule has 1 rings (SSSR count). The third kappa shape index (κ3) is 6.89. The van der Waals surface area contributed by atoms with E-state index in [9.17, 15) is 18.8 Å². The lowest BCUT2D eigenvalue weighted by Crippen LogP contribution is -2.52. The van der Waals surface area contributed by atoms with Gasteiger partial charge in [0.1, 0.15) is 17.9 Å². The Morgan fingerprint density at radius 3 is 2.50 bits per heavy atom.